The molecule has 1 heterocycles. The summed E-state index contributed by atoms with van der Waals surface area (Å²) in [6, 6.07) is 2.08. The van der Waals surface area contributed by atoms with Gasteiger partial charge in [-0.15, -0.1) is 0 Å². The average molecular weight is 222 g/mol. The molecule has 1 aliphatic carbocycles. The van der Waals surface area contributed by atoms with E-state index in [9.17, 15) is 0 Å². The third-order valence-electron chi connectivity index (χ3n) is 3.63. The molecule has 0 saturated heterocycles. The summed E-state index contributed by atoms with van der Waals surface area (Å²) in [4.78, 5) is 0. The lowest BCUT2D eigenvalue weighted by Crippen LogP contribution is -2.07. The van der Waals surface area contributed by atoms with Crippen molar-refractivity contribution in [3.63, 3.8) is 0 Å². The quantitative estimate of drug-likeness (QED) is 0.796. The van der Waals surface area contributed by atoms with Crippen LogP contribution in [0, 0.1) is 0 Å². The Morgan fingerprint density at radius 2 is 2.06 bits per heavy atom. The molecule has 3 heteroatoms. The minimum Gasteiger partial charge on any atom is -0.359 e. The van der Waals surface area contributed by atoms with E-state index >= 15 is 0 Å². The number of nitrogens with zero attached hydrogens (tertiary/aromatic N) is 1. The van der Waals surface area contributed by atoms with Gasteiger partial charge in [-0.3, -0.25) is 0 Å². The fourth-order valence-corrected chi connectivity index (χ4v) is 2.45. The molecule has 2 N–H and O–H groups in total. The standard InChI is InChI=1S/C13H22N2O/c1-2-11(14)13-9-12(15-16-13)10-7-5-3-4-6-8-10/h9-11H,2-8,14H2,1H3. The van der Waals surface area contributed by atoms with Crippen molar-refractivity contribution in [2.75, 3.05) is 0 Å². The van der Waals surface area contributed by atoms with Crippen molar-refractivity contribution < 1.29 is 4.52 Å². The van der Waals surface area contributed by atoms with Crippen molar-refractivity contribution in [3.05, 3.63) is 17.5 Å². The molecule has 0 amide bonds. The minimum atomic E-state index is 0.00651. The second-order valence-corrected chi connectivity index (χ2v) is 4.86. The second kappa shape index (κ2) is 5.48. The Balaban J connectivity index is 2.05. The van der Waals surface area contributed by atoms with Gasteiger partial charge in [-0.2, -0.15) is 0 Å². The maximum Gasteiger partial charge on any atom is 0.153 e. The first kappa shape index (κ1) is 11.6. The highest BCUT2D eigenvalue weighted by Gasteiger charge is 2.19. The van der Waals surface area contributed by atoms with E-state index in [0.29, 0.717) is 5.92 Å². The summed E-state index contributed by atoms with van der Waals surface area (Å²) in [6.45, 7) is 2.07. The van der Waals surface area contributed by atoms with Crippen LogP contribution in [0.4, 0.5) is 0 Å². The van der Waals surface area contributed by atoms with E-state index < -0.39 is 0 Å². The van der Waals surface area contributed by atoms with Crippen LogP contribution in [0.2, 0.25) is 0 Å². The zero-order valence-electron chi connectivity index (χ0n) is 10.1. The van der Waals surface area contributed by atoms with Crippen LogP contribution in [-0.4, -0.2) is 5.16 Å². The number of rotatable bonds is 3. The molecular weight excluding hydrogens is 200 g/mol. The van der Waals surface area contributed by atoms with Crippen LogP contribution in [-0.2, 0) is 0 Å². The topological polar surface area (TPSA) is 52.0 Å². The summed E-state index contributed by atoms with van der Waals surface area (Å²) in [6.07, 6.45) is 8.81. The molecule has 0 aliphatic heterocycles. The van der Waals surface area contributed by atoms with Crippen LogP contribution in [0.1, 0.15) is 75.3 Å². The Bertz CT molecular complexity index is 313. The van der Waals surface area contributed by atoms with Crippen molar-refractivity contribution in [3.8, 4) is 0 Å². The Hall–Kier alpha value is -0.830. The van der Waals surface area contributed by atoms with Crippen molar-refractivity contribution >= 4 is 0 Å². The van der Waals surface area contributed by atoms with Gasteiger partial charge < -0.3 is 10.3 Å². The number of hydrogen-bond acceptors (Lipinski definition) is 3. The van der Waals surface area contributed by atoms with Gasteiger partial charge in [-0.25, -0.2) is 0 Å². The maximum absolute atomic E-state index is 5.93. The van der Waals surface area contributed by atoms with Gasteiger partial charge >= 0.3 is 0 Å². The van der Waals surface area contributed by atoms with Gasteiger partial charge in [0.05, 0.1) is 11.7 Å². The fraction of sp³-hybridized carbons (Fsp3) is 0.769. The molecule has 1 saturated carbocycles. The Labute approximate surface area is 97.4 Å². The highest BCUT2D eigenvalue weighted by Crippen LogP contribution is 2.32. The molecule has 1 aliphatic rings. The van der Waals surface area contributed by atoms with E-state index in [-0.39, 0.29) is 6.04 Å². The lowest BCUT2D eigenvalue weighted by atomic mass is 9.96. The van der Waals surface area contributed by atoms with Crippen LogP contribution in [0.3, 0.4) is 0 Å². The van der Waals surface area contributed by atoms with Crippen LogP contribution >= 0.6 is 0 Å². The zero-order valence-corrected chi connectivity index (χ0v) is 10.1. The van der Waals surface area contributed by atoms with Crippen molar-refractivity contribution in [2.45, 2.75) is 63.8 Å². The molecule has 1 aromatic heterocycles. The highest BCUT2D eigenvalue weighted by atomic mass is 16.5. The predicted octanol–water partition coefficient (Wildman–Crippen LogP) is 3.52. The molecule has 1 atom stereocenters. The molecule has 0 bridgehead atoms. The van der Waals surface area contributed by atoms with Gasteiger partial charge in [0.15, 0.2) is 5.76 Å². The minimum absolute atomic E-state index is 0.00651. The van der Waals surface area contributed by atoms with Crippen molar-refractivity contribution in [2.24, 2.45) is 5.73 Å². The molecule has 90 valence electrons. The smallest absolute Gasteiger partial charge is 0.153 e. The fourth-order valence-electron chi connectivity index (χ4n) is 2.45. The molecular formula is C13H22N2O. The van der Waals surface area contributed by atoms with Gasteiger partial charge in [-0.1, -0.05) is 37.8 Å². The summed E-state index contributed by atoms with van der Waals surface area (Å²) in [5.74, 6) is 1.45. The number of hydrogen-bond donors (Lipinski definition) is 1. The first-order valence-corrected chi connectivity index (χ1v) is 6.53. The lowest BCUT2D eigenvalue weighted by molar-refractivity contribution is 0.348. The molecule has 1 unspecified atom stereocenters. The van der Waals surface area contributed by atoms with E-state index in [1.165, 1.54) is 38.5 Å². The first-order chi connectivity index (χ1) is 7.81. The van der Waals surface area contributed by atoms with Crippen LogP contribution in [0.15, 0.2) is 10.6 Å². The molecule has 0 aromatic carbocycles. The van der Waals surface area contributed by atoms with E-state index in [1.807, 2.05) is 0 Å². The summed E-state index contributed by atoms with van der Waals surface area (Å²) in [5.41, 5.74) is 7.06. The van der Waals surface area contributed by atoms with Gasteiger partial charge in [-0.05, 0) is 19.3 Å². The third kappa shape index (κ3) is 2.64. The monoisotopic (exact) mass is 222 g/mol. The van der Waals surface area contributed by atoms with Gasteiger partial charge in [0.2, 0.25) is 0 Å². The average Bonchev–Trinajstić information content (AvgIpc) is 2.64. The predicted molar refractivity (Wildman–Crippen MR) is 64.2 cm³/mol. The maximum atomic E-state index is 5.93. The molecule has 16 heavy (non-hydrogen) atoms. The van der Waals surface area contributed by atoms with Crippen LogP contribution in [0.5, 0.6) is 0 Å². The normalized spacial score (nSPS) is 20.6. The van der Waals surface area contributed by atoms with Gasteiger partial charge in [0, 0.05) is 12.0 Å². The summed E-state index contributed by atoms with van der Waals surface area (Å²) in [5, 5.41) is 4.20. The number of aromatic nitrogens is 1. The summed E-state index contributed by atoms with van der Waals surface area (Å²) >= 11 is 0. The van der Waals surface area contributed by atoms with E-state index in [1.54, 1.807) is 0 Å². The third-order valence-corrected chi connectivity index (χ3v) is 3.63. The summed E-state index contributed by atoms with van der Waals surface area (Å²) in [7, 11) is 0. The lowest BCUT2D eigenvalue weighted by Gasteiger charge is -2.08. The Kier molecular flexibility index (Phi) is 3.99. The van der Waals surface area contributed by atoms with Crippen LogP contribution in [0.25, 0.3) is 0 Å². The van der Waals surface area contributed by atoms with Crippen molar-refractivity contribution in [1.82, 2.24) is 5.16 Å². The largest absolute Gasteiger partial charge is 0.359 e. The second-order valence-electron chi connectivity index (χ2n) is 4.86. The molecule has 3 nitrogen and oxygen atoms in total. The van der Waals surface area contributed by atoms with E-state index in [2.05, 4.69) is 18.1 Å². The van der Waals surface area contributed by atoms with Gasteiger partial charge in [0.1, 0.15) is 0 Å². The highest BCUT2D eigenvalue weighted by molar-refractivity contribution is 5.13. The molecule has 1 fully saturated rings. The summed E-state index contributed by atoms with van der Waals surface area (Å²) < 4.78 is 5.34. The SMILES string of the molecule is CCC(N)c1cc(C2CCCCCC2)no1. The molecule has 1 aromatic rings. The van der Waals surface area contributed by atoms with Gasteiger partial charge in [0.25, 0.3) is 0 Å². The Morgan fingerprint density at radius 1 is 1.38 bits per heavy atom. The zero-order chi connectivity index (χ0) is 11.4. The van der Waals surface area contributed by atoms with Crippen molar-refractivity contribution in [1.29, 1.82) is 0 Å². The molecule has 0 spiro atoms. The Morgan fingerprint density at radius 3 is 2.69 bits per heavy atom. The molecule has 2 rings (SSSR count). The van der Waals surface area contributed by atoms with E-state index in [4.69, 9.17) is 10.3 Å². The molecule has 0 radical (unpaired) electrons. The number of nitrogens with two attached hydrogens (primary N) is 1. The first-order valence-electron chi connectivity index (χ1n) is 6.53. The van der Waals surface area contributed by atoms with Crippen LogP contribution < -0.4 is 5.73 Å². The van der Waals surface area contributed by atoms with E-state index in [0.717, 1.165) is 17.9 Å².